The van der Waals surface area contributed by atoms with Gasteiger partial charge in [0.1, 0.15) is 5.76 Å². The molecule has 0 amide bonds. The first-order chi connectivity index (χ1) is 10.5. The average Bonchev–Trinajstić information content (AvgIpc) is 3.18. The lowest BCUT2D eigenvalue weighted by atomic mass is 10.1. The molecule has 0 aliphatic carbocycles. The highest BCUT2D eigenvalue weighted by atomic mass is 32.2. The zero-order chi connectivity index (χ0) is 15.7. The summed E-state index contributed by atoms with van der Waals surface area (Å²) in [6.45, 7) is 0.734. The third-order valence-electron chi connectivity index (χ3n) is 3.82. The number of carbonyl (C=O) groups is 1. The second-order valence-corrected chi connectivity index (χ2v) is 7.13. The number of nitrogens with zero attached hydrogens (tertiary/aromatic N) is 1. The molecule has 22 heavy (non-hydrogen) atoms. The molecule has 116 valence electrons. The molecule has 0 spiro atoms. The maximum absolute atomic E-state index is 12.6. The van der Waals surface area contributed by atoms with Gasteiger partial charge < -0.3 is 9.52 Å². The van der Waals surface area contributed by atoms with Crippen LogP contribution in [0.3, 0.4) is 0 Å². The minimum atomic E-state index is -3.69. The van der Waals surface area contributed by atoms with E-state index in [0.717, 1.165) is 5.76 Å². The van der Waals surface area contributed by atoms with Crippen LogP contribution in [0.1, 0.15) is 28.5 Å². The normalized spacial score (nSPS) is 19.4. The number of carboxylic acid groups (broad SMARTS) is 1. The van der Waals surface area contributed by atoms with Gasteiger partial charge >= 0.3 is 5.97 Å². The summed E-state index contributed by atoms with van der Waals surface area (Å²) in [6, 6.07) is 9.04. The van der Waals surface area contributed by atoms with Gasteiger partial charge in [-0.3, -0.25) is 0 Å². The first-order valence-corrected chi connectivity index (χ1v) is 8.29. The van der Waals surface area contributed by atoms with E-state index in [4.69, 9.17) is 9.52 Å². The topological polar surface area (TPSA) is 87.8 Å². The van der Waals surface area contributed by atoms with Crippen molar-refractivity contribution in [2.75, 3.05) is 13.1 Å². The number of rotatable bonds is 4. The number of sulfonamides is 1. The zero-order valence-electron chi connectivity index (χ0n) is 11.7. The van der Waals surface area contributed by atoms with Gasteiger partial charge in [-0.15, -0.1) is 0 Å². The van der Waals surface area contributed by atoms with Crippen molar-refractivity contribution in [1.82, 2.24) is 4.31 Å². The Morgan fingerprint density at radius 2 is 2.09 bits per heavy atom. The van der Waals surface area contributed by atoms with Crippen molar-refractivity contribution in [3.05, 3.63) is 54.0 Å². The number of hydrogen-bond acceptors (Lipinski definition) is 4. The maximum atomic E-state index is 12.6. The van der Waals surface area contributed by atoms with Crippen molar-refractivity contribution in [2.24, 2.45) is 0 Å². The van der Waals surface area contributed by atoms with E-state index in [1.54, 1.807) is 12.3 Å². The van der Waals surface area contributed by atoms with E-state index in [1.807, 2.05) is 6.07 Å². The van der Waals surface area contributed by atoms with Gasteiger partial charge in [0.2, 0.25) is 10.0 Å². The Balaban J connectivity index is 1.85. The predicted octanol–water partition coefficient (Wildman–Crippen LogP) is 2.16. The monoisotopic (exact) mass is 321 g/mol. The van der Waals surface area contributed by atoms with Crippen molar-refractivity contribution in [3.63, 3.8) is 0 Å². The molecule has 1 unspecified atom stereocenters. The molecule has 7 heteroatoms. The second kappa shape index (κ2) is 5.58. The number of aromatic carboxylic acids is 1. The van der Waals surface area contributed by atoms with Crippen LogP contribution in [0.4, 0.5) is 0 Å². The van der Waals surface area contributed by atoms with Crippen LogP contribution < -0.4 is 0 Å². The third-order valence-corrected chi connectivity index (χ3v) is 5.68. The summed E-state index contributed by atoms with van der Waals surface area (Å²) in [5.41, 5.74) is -0.0390. The smallest absolute Gasteiger partial charge is 0.335 e. The molecule has 1 aromatic heterocycles. The van der Waals surface area contributed by atoms with E-state index < -0.39 is 16.0 Å². The lowest BCUT2D eigenvalue weighted by Crippen LogP contribution is -2.28. The molecule has 1 atom stereocenters. The fourth-order valence-corrected chi connectivity index (χ4v) is 4.19. The van der Waals surface area contributed by atoms with Gasteiger partial charge in [-0.2, -0.15) is 4.31 Å². The molecule has 0 radical (unpaired) electrons. The Kier molecular flexibility index (Phi) is 3.76. The highest BCUT2D eigenvalue weighted by molar-refractivity contribution is 7.89. The summed E-state index contributed by atoms with van der Waals surface area (Å²) in [4.78, 5) is 11.0. The molecule has 1 aliphatic rings. The van der Waals surface area contributed by atoms with Gasteiger partial charge in [-0.05, 0) is 36.8 Å². The molecular weight excluding hydrogens is 306 g/mol. The summed E-state index contributed by atoms with van der Waals surface area (Å²) in [6.07, 6.45) is 2.26. The van der Waals surface area contributed by atoms with E-state index in [1.165, 1.54) is 28.6 Å². The number of furan rings is 1. The molecule has 1 aromatic carbocycles. The fourth-order valence-electron chi connectivity index (χ4n) is 2.64. The molecule has 2 heterocycles. The van der Waals surface area contributed by atoms with Crippen molar-refractivity contribution in [1.29, 1.82) is 0 Å². The van der Waals surface area contributed by atoms with E-state index in [2.05, 4.69) is 0 Å². The molecule has 1 fully saturated rings. The lowest BCUT2D eigenvalue weighted by molar-refractivity contribution is 0.0696. The largest absolute Gasteiger partial charge is 0.478 e. The molecule has 0 bridgehead atoms. The van der Waals surface area contributed by atoms with Crippen molar-refractivity contribution >= 4 is 16.0 Å². The SMILES string of the molecule is O=C(O)c1cccc(S(=O)(=O)N2CCC(c3ccco3)C2)c1. The maximum Gasteiger partial charge on any atom is 0.335 e. The van der Waals surface area contributed by atoms with E-state index in [0.29, 0.717) is 19.5 Å². The molecule has 6 nitrogen and oxygen atoms in total. The van der Waals surface area contributed by atoms with E-state index >= 15 is 0 Å². The van der Waals surface area contributed by atoms with Crippen LogP contribution in [0.25, 0.3) is 0 Å². The molecule has 3 rings (SSSR count). The second-order valence-electron chi connectivity index (χ2n) is 5.20. The standard InChI is InChI=1S/C15H15NO5S/c17-15(18)11-3-1-4-13(9-11)22(19,20)16-7-6-12(10-16)14-5-2-8-21-14/h1-5,8-9,12H,6-7,10H2,(H,17,18). The molecule has 1 N–H and O–H groups in total. The molecule has 1 saturated heterocycles. The minimum absolute atomic E-state index is 0.00694. The Morgan fingerprint density at radius 3 is 2.77 bits per heavy atom. The zero-order valence-corrected chi connectivity index (χ0v) is 12.5. The average molecular weight is 321 g/mol. The van der Waals surface area contributed by atoms with Gasteiger partial charge in [-0.1, -0.05) is 6.07 Å². The van der Waals surface area contributed by atoms with Crippen LogP contribution in [0.5, 0.6) is 0 Å². The molecular formula is C15H15NO5S. The van der Waals surface area contributed by atoms with Gasteiger partial charge in [0, 0.05) is 19.0 Å². The van der Waals surface area contributed by atoms with Crippen LogP contribution in [0.15, 0.2) is 52.0 Å². The van der Waals surface area contributed by atoms with Gasteiger partial charge in [0.15, 0.2) is 0 Å². The van der Waals surface area contributed by atoms with Crippen LogP contribution >= 0.6 is 0 Å². The Hall–Kier alpha value is -2.12. The van der Waals surface area contributed by atoms with Gasteiger partial charge in [-0.25, -0.2) is 13.2 Å². The highest BCUT2D eigenvalue weighted by Crippen LogP contribution is 2.31. The summed E-state index contributed by atoms with van der Waals surface area (Å²) in [5, 5.41) is 8.99. The first-order valence-electron chi connectivity index (χ1n) is 6.85. The number of carboxylic acids is 1. The van der Waals surface area contributed by atoms with Crippen LogP contribution in [-0.2, 0) is 10.0 Å². The van der Waals surface area contributed by atoms with Crippen LogP contribution in [0, 0.1) is 0 Å². The lowest BCUT2D eigenvalue weighted by Gasteiger charge is -2.16. The summed E-state index contributed by atoms with van der Waals surface area (Å²) >= 11 is 0. The predicted molar refractivity (Wildman–Crippen MR) is 78.2 cm³/mol. The quantitative estimate of drug-likeness (QED) is 0.932. The van der Waals surface area contributed by atoms with E-state index in [9.17, 15) is 13.2 Å². The number of hydrogen-bond donors (Lipinski definition) is 1. The highest BCUT2D eigenvalue weighted by Gasteiger charge is 2.34. The van der Waals surface area contributed by atoms with Gasteiger partial charge in [0.05, 0.1) is 16.7 Å². The minimum Gasteiger partial charge on any atom is -0.478 e. The Labute approximate surface area is 128 Å². The van der Waals surface area contributed by atoms with Crippen molar-refractivity contribution in [3.8, 4) is 0 Å². The number of benzene rings is 1. The Morgan fingerprint density at radius 1 is 1.27 bits per heavy atom. The summed E-state index contributed by atoms with van der Waals surface area (Å²) in [5.74, 6) is -0.337. The molecule has 2 aromatic rings. The Bertz CT molecular complexity index is 782. The first kappa shape index (κ1) is 14.8. The molecule has 1 aliphatic heterocycles. The fraction of sp³-hybridized carbons (Fsp3) is 0.267. The van der Waals surface area contributed by atoms with Crippen LogP contribution in [-0.4, -0.2) is 36.9 Å². The summed E-state index contributed by atoms with van der Waals surface area (Å²) < 4.78 is 32.0. The summed E-state index contributed by atoms with van der Waals surface area (Å²) in [7, 11) is -3.69. The third kappa shape index (κ3) is 2.65. The van der Waals surface area contributed by atoms with Gasteiger partial charge in [0.25, 0.3) is 0 Å². The van der Waals surface area contributed by atoms with E-state index in [-0.39, 0.29) is 16.4 Å². The van der Waals surface area contributed by atoms with Crippen LogP contribution in [0.2, 0.25) is 0 Å². The molecule has 0 saturated carbocycles. The van der Waals surface area contributed by atoms with Crippen molar-refractivity contribution in [2.45, 2.75) is 17.2 Å². The van der Waals surface area contributed by atoms with Crippen molar-refractivity contribution < 1.29 is 22.7 Å².